The van der Waals surface area contributed by atoms with E-state index < -0.39 is 5.66 Å². The molecule has 0 saturated carbocycles. The second-order valence-corrected chi connectivity index (χ2v) is 5.38. The summed E-state index contributed by atoms with van der Waals surface area (Å²) in [5.74, 6) is -0.528. The Labute approximate surface area is 121 Å². The zero-order valence-corrected chi connectivity index (χ0v) is 11.4. The van der Waals surface area contributed by atoms with Crippen molar-refractivity contribution in [3.8, 4) is 0 Å². The maximum atomic E-state index is 12.5. The summed E-state index contributed by atoms with van der Waals surface area (Å²) in [6.45, 7) is 1.95. The maximum absolute atomic E-state index is 12.5. The van der Waals surface area contributed by atoms with Crippen molar-refractivity contribution >= 4 is 23.2 Å². The van der Waals surface area contributed by atoms with Crippen molar-refractivity contribution < 1.29 is 9.59 Å². The van der Waals surface area contributed by atoms with Gasteiger partial charge in [-0.25, -0.2) is 0 Å². The van der Waals surface area contributed by atoms with E-state index in [1.165, 1.54) is 0 Å². The quantitative estimate of drug-likeness (QED) is 0.690. The summed E-state index contributed by atoms with van der Waals surface area (Å²) in [7, 11) is 0. The first kappa shape index (κ1) is 12.0. The zero-order chi connectivity index (χ0) is 14.6. The summed E-state index contributed by atoms with van der Waals surface area (Å²) in [6.07, 6.45) is 0. The van der Waals surface area contributed by atoms with Gasteiger partial charge < -0.3 is 16.0 Å². The minimum absolute atomic E-state index is 0.256. The van der Waals surface area contributed by atoms with E-state index in [2.05, 4.69) is 16.0 Å². The van der Waals surface area contributed by atoms with Crippen LogP contribution in [0.5, 0.6) is 0 Å². The molecule has 4 rings (SSSR count). The monoisotopic (exact) mass is 279 g/mol. The van der Waals surface area contributed by atoms with Crippen molar-refractivity contribution in [1.29, 1.82) is 0 Å². The number of anilines is 2. The molecule has 5 heteroatoms. The third kappa shape index (κ3) is 1.51. The molecule has 3 N–H and O–H groups in total. The molecule has 0 unspecified atom stereocenters. The summed E-state index contributed by atoms with van der Waals surface area (Å²) < 4.78 is 0. The molecule has 2 aliphatic heterocycles. The standard InChI is InChI=1S/C16H13N3O2/c1-9-6-7-13-11(8-9)16(15(21)17-13)18-12-5-3-2-4-10(12)14(20)19-16/h2-8,18H,1H3,(H,17,21)(H,19,20)/t16-/m1/s1. The Morgan fingerprint density at radius 2 is 1.76 bits per heavy atom. The summed E-state index contributed by atoms with van der Waals surface area (Å²) in [5.41, 5.74) is 2.46. The van der Waals surface area contributed by atoms with Gasteiger partial charge >= 0.3 is 0 Å². The molecule has 1 atom stereocenters. The van der Waals surface area contributed by atoms with Crippen LogP contribution in [0.25, 0.3) is 0 Å². The summed E-state index contributed by atoms with van der Waals surface area (Å²) in [4.78, 5) is 24.8. The lowest BCUT2D eigenvalue weighted by molar-refractivity contribution is -0.120. The Kier molecular flexibility index (Phi) is 2.19. The Morgan fingerprint density at radius 1 is 0.952 bits per heavy atom. The van der Waals surface area contributed by atoms with Crippen LogP contribution in [0.2, 0.25) is 0 Å². The molecule has 2 aliphatic rings. The highest BCUT2D eigenvalue weighted by atomic mass is 16.2. The van der Waals surface area contributed by atoms with E-state index in [0.29, 0.717) is 11.3 Å². The van der Waals surface area contributed by atoms with Crippen LogP contribution in [0.3, 0.4) is 0 Å². The van der Waals surface area contributed by atoms with Gasteiger partial charge in [-0.3, -0.25) is 9.59 Å². The van der Waals surface area contributed by atoms with Gasteiger partial charge in [-0.15, -0.1) is 0 Å². The van der Waals surface area contributed by atoms with Crippen molar-refractivity contribution in [2.75, 3.05) is 10.6 Å². The Balaban J connectivity index is 1.93. The topological polar surface area (TPSA) is 70.2 Å². The Morgan fingerprint density at radius 3 is 2.62 bits per heavy atom. The highest BCUT2D eigenvalue weighted by molar-refractivity contribution is 6.14. The minimum atomic E-state index is -1.23. The summed E-state index contributed by atoms with van der Waals surface area (Å²) in [5, 5.41) is 8.83. The molecule has 2 aromatic carbocycles. The highest BCUT2D eigenvalue weighted by Gasteiger charge is 2.51. The predicted octanol–water partition coefficient (Wildman–Crippen LogP) is 1.96. The fraction of sp³-hybridized carbons (Fsp3) is 0.125. The normalized spacial score (nSPS) is 22.1. The van der Waals surface area contributed by atoms with Gasteiger partial charge in [0.25, 0.3) is 11.8 Å². The fourth-order valence-corrected chi connectivity index (χ4v) is 2.92. The van der Waals surface area contributed by atoms with E-state index >= 15 is 0 Å². The number of rotatable bonds is 0. The van der Waals surface area contributed by atoms with Crippen LogP contribution in [-0.4, -0.2) is 11.8 Å². The molecule has 0 bridgehead atoms. The van der Waals surface area contributed by atoms with Crippen molar-refractivity contribution in [3.63, 3.8) is 0 Å². The largest absolute Gasteiger partial charge is 0.350 e. The lowest BCUT2D eigenvalue weighted by atomic mass is 9.94. The molecule has 0 saturated heterocycles. The second-order valence-electron chi connectivity index (χ2n) is 5.38. The van der Waals surface area contributed by atoms with Crippen LogP contribution in [0.1, 0.15) is 21.5 Å². The lowest BCUT2D eigenvalue weighted by Crippen LogP contribution is -2.59. The van der Waals surface area contributed by atoms with Crippen LogP contribution in [-0.2, 0) is 10.5 Å². The minimum Gasteiger partial charge on any atom is -0.350 e. The smallest absolute Gasteiger partial charge is 0.275 e. The molecule has 0 aromatic heterocycles. The zero-order valence-electron chi connectivity index (χ0n) is 11.4. The first-order chi connectivity index (χ1) is 10.1. The molecular weight excluding hydrogens is 266 g/mol. The molecule has 104 valence electrons. The van der Waals surface area contributed by atoms with E-state index in [0.717, 1.165) is 16.8 Å². The van der Waals surface area contributed by atoms with Crippen LogP contribution >= 0.6 is 0 Å². The lowest BCUT2D eigenvalue weighted by Gasteiger charge is -2.35. The fourth-order valence-electron chi connectivity index (χ4n) is 2.92. The van der Waals surface area contributed by atoms with Gasteiger partial charge in [0.05, 0.1) is 5.56 Å². The van der Waals surface area contributed by atoms with Gasteiger partial charge in [0, 0.05) is 16.9 Å². The third-order valence-corrected chi connectivity index (χ3v) is 3.96. The van der Waals surface area contributed by atoms with Crippen molar-refractivity contribution in [2.45, 2.75) is 12.6 Å². The number of hydrogen-bond acceptors (Lipinski definition) is 3. The number of carbonyl (C=O) groups is 2. The van der Waals surface area contributed by atoms with Gasteiger partial charge in [0.1, 0.15) is 0 Å². The van der Waals surface area contributed by atoms with E-state index in [9.17, 15) is 9.59 Å². The number of nitrogens with one attached hydrogen (secondary N) is 3. The maximum Gasteiger partial charge on any atom is 0.275 e. The van der Waals surface area contributed by atoms with Gasteiger partial charge in [-0.2, -0.15) is 0 Å². The molecule has 0 fully saturated rings. The third-order valence-electron chi connectivity index (χ3n) is 3.96. The van der Waals surface area contributed by atoms with Gasteiger partial charge in [0.2, 0.25) is 5.66 Å². The van der Waals surface area contributed by atoms with Gasteiger partial charge in [-0.1, -0.05) is 23.8 Å². The molecule has 1 spiro atoms. The first-order valence-corrected chi connectivity index (χ1v) is 6.72. The molecule has 0 radical (unpaired) electrons. The van der Waals surface area contributed by atoms with E-state index in [-0.39, 0.29) is 11.8 Å². The van der Waals surface area contributed by atoms with Crippen LogP contribution in [0.4, 0.5) is 11.4 Å². The number of benzene rings is 2. The Hall–Kier alpha value is -2.82. The number of para-hydroxylation sites is 1. The predicted molar refractivity (Wildman–Crippen MR) is 79.0 cm³/mol. The molecule has 21 heavy (non-hydrogen) atoms. The number of aryl methyl sites for hydroxylation is 1. The first-order valence-electron chi connectivity index (χ1n) is 6.72. The molecule has 0 aliphatic carbocycles. The van der Waals surface area contributed by atoms with E-state index in [1.807, 2.05) is 31.2 Å². The van der Waals surface area contributed by atoms with E-state index in [4.69, 9.17) is 0 Å². The Bertz CT molecular complexity index is 800. The van der Waals surface area contributed by atoms with Gasteiger partial charge in [0.15, 0.2) is 0 Å². The highest BCUT2D eigenvalue weighted by Crippen LogP contribution is 2.40. The SMILES string of the molecule is Cc1ccc2c(c1)[C@@]1(NC(=O)c3ccccc3N1)C(=O)N2. The van der Waals surface area contributed by atoms with Crippen LogP contribution in [0, 0.1) is 6.92 Å². The molecule has 2 amide bonds. The number of carbonyl (C=O) groups excluding carboxylic acids is 2. The number of hydrogen-bond donors (Lipinski definition) is 3. The van der Waals surface area contributed by atoms with Crippen LogP contribution in [0.15, 0.2) is 42.5 Å². The molecule has 2 aromatic rings. The number of fused-ring (bicyclic) bond motifs is 3. The van der Waals surface area contributed by atoms with Crippen molar-refractivity contribution in [3.05, 3.63) is 59.2 Å². The summed E-state index contributed by atoms with van der Waals surface area (Å²) in [6, 6.07) is 12.9. The van der Waals surface area contributed by atoms with Crippen LogP contribution < -0.4 is 16.0 Å². The molecule has 5 nitrogen and oxygen atoms in total. The van der Waals surface area contributed by atoms with E-state index in [1.54, 1.807) is 18.2 Å². The average Bonchev–Trinajstić information content (AvgIpc) is 2.72. The molecule has 2 heterocycles. The number of amides is 2. The summed E-state index contributed by atoms with van der Waals surface area (Å²) >= 11 is 0. The average molecular weight is 279 g/mol. The van der Waals surface area contributed by atoms with Gasteiger partial charge in [-0.05, 0) is 31.2 Å². The van der Waals surface area contributed by atoms with Crippen molar-refractivity contribution in [1.82, 2.24) is 5.32 Å². The van der Waals surface area contributed by atoms with Crippen molar-refractivity contribution in [2.24, 2.45) is 0 Å². The molecular formula is C16H13N3O2. The second kappa shape index (κ2) is 3.85.